The van der Waals surface area contributed by atoms with Crippen molar-refractivity contribution in [3.63, 3.8) is 0 Å². The van der Waals surface area contributed by atoms with Gasteiger partial charge < -0.3 is 4.74 Å². The molecule has 0 spiro atoms. The molecule has 0 saturated carbocycles. The number of fused-ring (bicyclic) bond motifs is 1. The van der Waals surface area contributed by atoms with Crippen LogP contribution < -0.4 is 0 Å². The Morgan fingerprint density at radius 2 is 1.96 bits per heavy atom. The first-order valence-electron chi connectivity index (χ1n) is 8.53. The van der Waals surface area contributed by atoms with Crippen molar-refractivity contribution in [3.8, 4) is 0 Å². The van der Waals surface area contributed by atoms with E-state index >= 15 is 0 Å². The molecule has 0 N–H and O–H groups in total. The summed E-state index contributed by atoms with van der Waals surface area (Å²) in [6.45, 7) is 3.01. The highest BCUT2D eigenvalue weighted by Crippen LogP contribution is 2.31. The molecule has 140 valence electrons. The Bertz CT molecular complexity index is 922. The Morgan fingerprint density at radius 3 is 2.65 bits per heavy atom. The van der Waals surface area contributed by atoms with Crippen molar-refractivity contribution in [2.45, 2.75) is 36.0 Å². The Morgan fingerprint density at radius 1 is 1.23 bits per heavy atom. The molecule has 0 atom stereocenters. The molecule has 2 heterocycles. The predicted octanol–water partition coefficient (Wildman–Crippen LogP) is 2.98. The van der Waals surface area contributed by atoms with Crippen molar-refractivity contribution in [1.29, 1.82) is 0 Å². The van der Waals surface area contributed by atoms with Gasteiger partial charge in [-0.15, -0.1) is 11.8 Å². The van der Waals surface area contributed by atoms with Gasteiger partial charge in [0, 0.05) is 29.1 Å². The van der Waals surface area contributed by atoms with E-state index in [4.69, 9.17) is 4.74 Å². The van der Waals surface area contributed by atoms with Gasteiger partial charge in [0.25, 0.3) is 0 Å². The van der Waals surface area contributed by atoms with Gasteiger partial charge in [-0.25, -0.2) is 8.42 Å². The van der Waals surface area contributed by atoms with Crippen LogP contribution in [0, 0.1) is 6.92 Å². The number of carbonyl (C=O) groups excluding carboxylic acids is 1. The molecule has 0 bridgehead atoms. The van der Waals surface area contributed by atoms with Gasteiger partial charge in [-0.1, -0.05) is 6.42 Å². The number of hydrogen-bond donors (Lipinski definition) is 0. The molecule has 1 aromatic heterocycles. The van der Waals surface area contributed by atoms with Crippen molar-refractivity contribution in [1.82, 2.24) is 9.29 Å². The second kappa shape index (κ2) is 7.94. The summed E-state index contributed by atoms with van der Waals surface area (Å²) < 4.78 is 32.1. The van der Waals surface area contributed by atoms with Crippen LogP contribution in [-0.2, 0) is 19.6 Å². The molecule has 0 radical (unpaired) electrons. The van der Waals surface area contributed by atoms with Gasteiger partial charge in [-0.05, 0) is 44.0 Å². The predicted molar refractivity (Wildman–Crippen MR) is 102 cm³/mol. The monoisotopic (exact) mass is 394 g/mol. The molecule has 0 aliphatic carbocycles. The van der Waals surface area contributed by atoms with E-state index in [0.29, 0.717) is 13.1 Å². The number of aromatic nitrogens is 1. The van der Waals surface area contributed by atoms with E-state index in [0.717, 1.165) is 40.8 Å². The number of sulfonamides is 1. The number of rotatable bonds is 5. The first kappa shape index (κ1) is 19.1. The first-order chi connectivity index (χ1) is 12.4. The minimum absolute atomic E-state index is 0.165. The third-order valence-electron chi connectivity index (χ3n) is 4.40. The third kappa shape index (κ3) is 4.02. The summed E-state index contributed by atoms with van der Waals surface area (Å²) in [5, 5.41) is 0.739. The second-order valence-corrected chi connectivity index (χ2v) is 9.23. The number of ether oxygens (including phenoxy) is 1. The molecular weight excluding hydrogens is 372 g/mol. The van der Waals surface area contributed by atoms with Crippen LogP contribution in [0.1, 0.15) is 25.0 Å². The lowest BCUT2D eigenvalue weighted by Gasteiger charge is -2.26. The maximum absolute atomic E-state index is 12.9. The Kier molecular flexibility index (Phi) is 5.84. The summed E-state index contributed by atoms with van der Waals surface area (Å²) in [7, 11) is -2.16. The van der Waals surface area contributed by atoms with Gasteiger partial charge in [-0.2, -0.15) is 4.31 Å². The number of methoxy groups -OCH3 is 1. The zero-order valence-electron chi connectivity index (χ0n) is 14.9. The van der Waals surface area contributed by atoms with Crippen LogP contribution >= 0.6 is 11.8 Å². The second-order valence-electron chi connectivity index (χ2n) is 6.27. The SMILES string of the molecule is COC(=O)CSc1cc(C)nc2ccc(S(=O)(=O)N3CCCCC3)cc12. The van der Waals surface area contributed by atoms with Crippen molar-refractivity contribution >= 4 is 38.7 Å². The molecule has 0 amide bonds. The van der Waals surface area contributed by atoms with Gasteiger partial charge in [-0.3, -0.25) is 9.78 Å². The standard InChI is InChI=1S/C18H22N2O4S2/c1-13-10-17(25-12-18(21)24-2)15-11-14(6-7-16(15)19-13)26(22,23)20-8-4-3-5-9-20/h6-7,10-11H,3-5,8-9,12H2,1-2H3. The summed E-state index contributed by atoms with van der Waals surface area (Å²) in [6.07, 6.45) is 2.86. The molecule has 26 heavy (non-hydrogen) atoms. The number of benzene rings is 1. The lowest BCUT2D eigenvalue weighted by Crippen LogP contribution is -2.35. The van der Waals surface area contributed by atoms with E-state index in [9.17, 15) is 13.2 Å². The molecule has 6 nitrogen and oxygen atoms in total. The van der Waals surface area contributed by atoms with Crippen molar-refractivity contribution in [2.75, 3.05) is 26.0 Å². The molecule has 1 fully saturated rings. The van der Waals surface area contributed by atoms with Gasteiger partial charge in [0.2, 0.25) is 10.0 Å². The minimum atomic E-state index is -3.51. The van der Waals surface area contributed by atoms with Crippen LogP contribution in [-0.4, -0.2) is 49.6 Å². The fourth-order valence-electron chi connectivity index (χ4n) is 3.03. The maximum Gasteiger partial charge on any atom is 0.315 e. The zero-order chi connectivity index (χ0) is 18.7. The number of aryl methyl sites for hydroxylation is 1. The van der Waals surface area contributed by atoms with E-state index in [1.807, 2.05) is 13.0 Å². The number of esters is 1. The molecule has 8 heteroatoms. The van der Waals surface area contributed by atoms with Gasteiger partial charge in [0.15, 0.2) is 0 Å². The molecule has 1 aromatic carbocycles. The molecule has 1 aliphatic rings. The van der Waals surface area contributed by atoms with Gasteiger partial charge in [0.05, 0.1) is 23.3 Å². The van der Waals surface area contributed by atoms with E-state index < -0.39 is 10.0 Å². The molecule has 0 unspecified atom stereocenters. The van der Waals surface area contributed by atoms with E-state index in [2.05, 4.69) is 4.98 Å². The normalized spacial score (nSPS) is 15.9. The first-order valence-corrected chi connectivity index (χ1v) is 11.0. The third-order valence-corrected chi connectivity index (χ3v) is 7.32. The van der Waals surface area contributed by atoms with Gasteiger partial charge in [0.1, 0.15) is 0 Å². The van der Waals surface area contributed by atoms with Crippen LogP contribution in [0.3, 0.4) is 0 Å². The number of hydrogen-bond acceptors (Lipinski definition) is 6. The molecule has 2 aromatic rings. The van der Waals surface area contributed by atoms with E-state index in [-0.39, 0.29) is 16.6 Å². The fourth-order valence-corrected chi connectivity index (χ4v) is 5.54. The number of nitrogens with zero attached hydrogens (tertiary/aromatic N) is 2. The zero-order valence-corrected chi connectivity index (χ0v) is 16.5. The largest absolute Gasteiger partial charge is 0.468 e. The highest BCUT2D eigenvalue weighted by molar-refractivity contribution is 8.00. The Balaban J connectivity index is 2.01. The topological polar surface area (TPSA) is 76.6 Å². The average Bonchev–Trinajstić information content (AvgIpc) is 2.66. The van der Waals surface area contributed by atoms with E-state index in [1.165, 1.54) is 18.9 Å². The van der Waals surface area contributed by atoms with Crippen LogP contribution in [0.15, 0.2) is 34.1 Å². The summed E-state index contributed by atoms with van der Waals surface area (Å²) in [6, 6.07) is 6.90. The van der Waals surface area contributed by atoms with Gasteiger partial charge >= 0.3 is 5.97 Å². The quantitative estimate of drug-likeness (QED) is 0.573. The number of pyridine rings is 1. The number of carbonyl (C=O) groups is 1. The lowest BCUT2D eigenvalue weighted by atomic mass is 10.2. The Labute approximate surface area is 158 Å². The van der Waals surface area contributed by atoms with Crippen LogP contribution in [0.2, 0.25) is 0 Å². The Hall–Kier alpha value is -1.64. The fraction of sp³-hybridized carbons (Fsp3) is 0.444. The van der Waals surface area contributed by atoms with Crippen molar-refractivity contribution < 1.29 is 17.9 Å². The summed E-state index contributed by atoms with van der Waals surface area (Å²) in [5.41, 5.74) is 1.53. The van der Waals surface area contributed by atoms with Crippen LogP contribution in [0.4, 0.5) is 0 Å². The number of thioether (sulfide) groups is 1. The minimum Gasteiger partial charge on any atom is -0.468 e. The smallest absolute Gasteiger partial charge is 0.315 e. The van der Waals surface area contributed by atoms with Crippen molar-refractivity contribution in [2.24, 2.45) is 0 Å². The summed E-state index contributed by atoms with van der Waals surface area (Å²) >= 11 is 1.33. The van der Waals surface area contributed by atoms with Crippen LogP contribution in [0.5, 0.6) is 0 Å². The highest BCUT2D eigenvalue weighted by atomic mass is 32.2. The average molecular weight is 395 g/mol. The lowest BCUT2D eigenvalue weighted by molar-refractivity contribution is -0.137. The molecule has 3 rings (SSSR count). The van der Waals surface area contributed by atoms with Crippen LogP contribution in [0.25, 0.3) is 10.9 Å². The van der Waals surface area contributed by atoms with E-state index in [1.54, 1.807) is 22.5 Å². The molecule has 1 saturated heterocycles. The maximum atomic E-state index is 12.9. The van der Waals surface area contributed by atoms with Crippen molar-refractivity contribution in [3.05, 3.63) is 30.0 Å². The molecular formula is C18H22N2O4S2. The molecule has 1 aliphatic heterocycles. The number of piperidine rings is 1. The summed E-state index contributed by atoms with van der Waals surface area (Å²) in [4.78, 5) is 17.1. The summed E-state index contributed by atoms with van der Waals surface area (Å²) in [5.74, 6) is -0.160. The highest BCUT2D eigenvalue weighted by Gasteiger charge is 2.26.